The Labute approximate surface area is 247 Å². The maximum absolute atomic E-state index is 14.0. The lowest BCUT2D eigenvalue weighted by atomic mass is 10.1. The molecule has 0 saturated carbocycles. The van der Waals surface area contributed by atoms with Gasteiger partial charge in [-0.3, -0.25) is 13.9 Å². The quantitative estimate of drug-likeness (QED) is 0.290. The highest BCUT2D eigenvalue weighted by molar-refractivity contribution is 7.92. The van der Waals surface area contributed by atoms with Gasteiger partial charge < -0.3 is 19.7 Å². The third-order valence-electron chi connectivity index (χ3n) is 6.46. The molecule has 0 fully saturated rings. The Hall–Kier alpha value is -4.12. The SMILES string of the molecule is CCOc1ccc(S(=O)(=O)N(CC(=O)N(Cc2cccc(OC)c2)[C@H](C)C(=O)NCC(C)C)c2ccc(F)cc2)cc1. The van der Waals surface area contributed by atoms with Crippen LogP contribution in [-0.2, 0) is 26.2 Å². The predicted octanol–water partition coefficient (Wildman–Crippen LogP) is 4.62. The van der Waals surface area contributed by atoms with Gasteiger partial charge in [0, 0.05) is 13.1 Å². The molecule has 0 spiro atoms. The van der Waals surface area contributed by atoms with Crippen molar-refractivity contribution in [1.82, 2.24) is 10.2 Å². The molecule has 0 unspecified atom stereocenters. The molecule has 0 saturated heterocycles. The molecule has 3 aromatic carbocycles. The fourth-order valence-corrected chi connectivity index (χ4v) is 5.55. The molecular weight excluding hydrogens is 561 g/mol. The van der Waals surface area contributed by atoms with E-state index in [1.165, 1.54) is 48.4 Å². The summed E-state index contributed by atoms with van der Waals surface area (Å²) in [4.78, 5) is 28.3. The van der Waals surface area contributed by atoms with E-state index < -0.39 is 34.3 Å². The van der Waals surface area contributed by atoms with Gasteiger partial charge in [0.25, 0.3) is 10.0 Å². The number of rotatable bonds is 14. The Morgan fingerprint density at radius 2 is 1.62 bits per heavy atom. The van der Waals surface area contributed by atoms with Gasteiger partial charge in [0.15, 0.2) is 0 Å². The first-order valence-corrected chi connectivity index (χ1v) is 15.1. The summed E-state index contributed by atoms with van der Waals surface area (Å²) in [5.74, 6) is -0.295. The highest BCUT2D eigenvalue weighted by Crippen LogP contribution is 2.26. The topological polar surface area (TPSA) is 105 Å². The van der Waals surface area contributed by atoms with E-state index in [1.807, 2.05) is 20.8 Å². The molecule has 1 atom stereocenters. The number of sulfonamides is 1. The van der Waals surface area contributed by atoms with Crippen LogP contribution in [-0.4, -0.2) is 58.0 Å². The maximum Gasteiger partial charge on any atom is 0.264 e. The lowest BCUT2D eigenvalue weighted by Crippen LogP contribution is -2.51. The molecule has 0 radical (unpaired) electrons. The summed E-state index contributed by atoms with van der Waals surface area (Å²) in [6.07, 6.45) is 0. The molecule has 0 aromatic heterocycles. The number of amides is 2. The van der Waals surface area contributed by atoms with Crippen LogP contribution in [0.5, 0.6) is 11.5 Å². The lowest BCUT2D eigenvalue weighted by molar-refractivity contribution is -0.139. The van der Waals surface area contributed by atoms with Gasteiger partial charge in [-0.2, -0.15) is 0 Å². The van der Waals surface area contributed by atoms with Crippen molar-refractivity contribution in [2.45, 2.75) is 45.2 Å². The molecule has 1 N–H and O–H groups in total. The molecule has 0 heterocycles. The predicted molar refractivity (Wildman–Crippen MR) is 159 cm³/mol. The van der Waals surface area contributed by atoms with E-state index in [2.05, 4.69) is 5.32 Å². The number of anilines is 1. The Bertz CT molecular complexity index is 1450. The van der Waals surface area contributed by atoms with E-state index >= 15 is 0 Å². The van der Waals surface area contributed by atoms with Gasteiger partial charge in [-0.15, -0.1) is 0 Å². The summed E-state index contributed by atoms with van der Waals surface area (Å²) in [5.41, 5.74) is 0.783. The number of carbonyl (C=O) groups is 2. The second kappa shape index (κ2) is 14.7. The fraction of sp³-hybridized carbons (Fsp3) is 0.355. The van der Waals surface area contributed by atoms with Gasteiger partial charge in [0.2, 0.25) is 11.8 Å². The number of nitrogens with one attached hydrogen (secondary N) is 1. The first-order chi connectivity index (χ1) is 20.0. The molecule has 0 aliphatic rings. The Balaban J connectivity index is 2.01. The normalized spacial score (nSPS) is 12.0. The summed E-state index contributed by atoms with van der Waals surface area (Å²) in [5, 5.41) is 2.85. The number of hydrogen-bond acceptors (Lipinski definition) is 6. The van der Waals surface area contributed by atoms with Crippen LogP contribution in [0.4, 0.5) is 10.1 Å². The zero-order valence-corrected chi connectivity index (χ0v) is 25.4. The van der Waals surface area contributed by atoms with Gasteiger partial charge in [-0.05, 0) is 86.0 Å². The fourth-order valence-electron chi connectivity index (χ4n) is 4.14. The van der Waals surface area contributed by atoms with Crippen LogP contribution in [0.15, 0.2) is 77.7 Å². The van der Waals surface area contributed by atoms with Crippen LogP contribution >= 0.6 is 0 Å². The number of halogens is 1. The van der Waals surface area contributed by atoms with Crippen molar-refractivity contribution in [2.75, 3.05) is 31.1 Å². The van der Waals surface area contributed by atoms with E-state index in [9.17, 15) is 22.4 Å². The van der Waals surface area contributed by atoms with Crippen molar-refractivity contribution >= 4 is 27.5 Å². The third-order valence-corrected chi connectivity index (χ3v) is 8.24. The van der Waals surface area contributed by atoms with E-state index in [1.54, 1.807) is 31.2 Å². The van der Waals surface area contributed by atoms with Crippen molar-refractivity contribution in [1.29, 1.82) is 0 Å². The van der Waals surface area contributed by atoms with E-state index in [0.717, 1.165) is 16.4 Å². The smallest absolute Gasteiger partial charge is 0.264 e. The minimum absolute atomic E-state index is 0.0205. The molecule has 0 bridgehead atoms. The van der Waals surface area contributed by atoms with E-state index in [4.69, 9.17) is 9.47 Å². The van der Waals surface area contributed by atoms with E-state index in [0.29, 0.717) is 30.2 Å². The van der Waals surface area contributed by atoms with Crippen molar-refractivity contribution < 1.29 is 31.9 Å². The van der Waals surface area contributed by atoms with Crippen molar-refractivity contribution in [2.24, 2.45) is 5.92 Å². The molecule has 3 aromatic rings. The number of methoxy groups -OCH3 is 1. The average molecular weight is 600 g/mol. The number of benzene rings is 3. The molecule has 42 heavy (non-hydrogen) atoms. The number of ether oxygens (including phenoxy) is 2. The standard InChI is InChI=1S/C31H38FN3O6S/c1-6-41-27-14-16-29(17-15-27)42(38,39)35(26-12-10-25(32)11-13-26)21-30(36)34(23(4)31(37)33-19-22(2)3)20-24-8-7-9-28(18-24)40-5/h7-18,22-23H,6,19-21H2,1-5H3,(H,33,37)/t23-/m1/s1. The first kappa shape index (κ1) is 32.4. The van der Waals surface area contributed by atoms with Gasteiger partial charge in [-0.1, -0.05) is 26.0 Å². The number of carbonyl (C=O) groups excluding carboxylic acids is 2. The summed E-state index contributed by atoms with van der Waals surface area (Å²) >= 11 is 0. The van der Waals surface area contributed by atoms with Gasteiger partial charge in [0.1, 0.15) is 29.9 Å². The summed E-state index contributed by atoms with van der Waals surface area (Å²) in [7, 11) is -2.77. The van der Waals surface area contributed by atoms with Crippen LogP contribution in [0, 0.1) is 11.7 Å². The third kappa shape index (κ3) is 8.45. The summed E-state index contributed by atoms with van der Waals surface area (Å²) in [6.45, 7) is 7.53. The van der Waals surface area contributed by atoms with Crippen molar-refractivity contribution in [3.63, 3.8) is 0 Å². The molecule has 3 rings (SSSR count). The van der Waals surface area contributed by atoms with Crippen LogP contribution in [0.1, 0.15) is 33.3 Å². The summed E-state index contributed by atoms with van der Waals surface area (Å²) < 4.78 is 53.2. The zero-order valence-electron chi connectivity index (χ0n) is 24.5. The van der Waals surface area contributed by atoms with Crippen molar-refractivity contribution in [3.8, 4) is 11.5 Å². The maximum atomic E-state index is 14.0. The van der Waals surface area contributed by atoms with Crippen LogP contribution in [0.3, 0.4) is 0 Å². The average Bonchev–Trinajstić information content (AvgIpc) is 2.98. The molecule has 0 aliphatic carbocycles. The Morgan fingerprint density at radius 3 is 2.21 bits per heavy atom. The molecule has 226 valence electrons. The highest BCUT2D eigenvalue weighted by Gasteiger charge is 2.32. The lowest BCUT2D eigenvalue weighted by Gasteiger charge is -2.32. The van der Waals surface area contributed by atoms with E-state index in [-0.39, 0.29) is 29.0 Å². The second-order valence-electron chi connectivity index (χ2n) is 10.1. The first-order valence-electron chi connectivity index (χ1n) is 13.7. The number of hydrogen-bond donors (Lipinski definition) is 1. The van der Waals surface area contributed by atoms with Crippen LogP contribution in [0.2, 0.25) is 0 Å². The van der Waals surface area contributed by atoms with Crippen molar-refractivity contribution in [3.05, 3.63) is 84.2 Å². The second-order valence-corrected chi connectivity index (χ2v) is 11.9. The molecular formula is C31H38FN3O6S. The monoisotopic (exact) mass is 599 g/mol. The minimum Gasteiger partial charge on any atom is -0.497 e. The number of nitrogens with zero attached hydrogens (tertiary/aromatic N) is 2. The molecule has 9 nitrogen and oxygen atoms in total. The van der Waals surface area contributed by atoms with Crippen LogP contribution < -0.4 is 19.1 Å². The largest absolute Gasteiger partial charge is 0.497 e. The van der Waals surface area contributed by atoms with Gasteiger partial charge in [0.05, 0.1) is 24.3 Å². The highest BCUT2D eigenvalue weighted by atomic mass is 32.2. The molecule has 11 heteroatoms. The van der Waals surface area contributed by atoms with Gasteiger partial charge >= 0.3 is 0 Å². The zero-order chi connectivity index (χ0) is 30.9. The van der Waals surface area contributed by atoms with Crippen LogP contribution in [0.25, 0.3) is 0 Å². The minimum atomic E-state index is -4.29. The molecule has 0 aliphatic heterocycles. The molecule has 2 amide bonds. The van der Waals surface area contributed by atoms with Gasteiger partial charge in [-0.25, -0.2) is 12.8 Å². The summed E-state index contributed by atoms with van der Waals surface area (Å²) in [6, 6.07) is 16.8. The Kier molecular flexibility index (Phi) is 11.3. The Morgan fingerprint density at radius 1 is 0.952 bits per heavy atom.